The van der Waals surface area contributed by atoms with Gasteiger partial charge in [-0.05, 0) is 6.92 Å². The standard InChI is InChI=1S/C11H16N4O/c1-4-5-12-11(16)9(2)13-6-10-7-14-15(3)8-10/h1,7-9,13H,5-6H2,2-3H3,(H,12,16). The maximum atomic E-state index is 11.4. The zero-order valence-corrected chi connectivity index (χ0v) is 9.53. The van der Waals surface area contributed by atoms with E-state index in [2.05, 4.69) is 21.7 Å². The van der Waals surface area contributed by atoms with Crippen LogP contribution in [0.5, 0.6) is 0 Å². The Morgan fingerprint density at radius 1 is 1.75 bits per heavy atom. The van der Waals surface area contributed by atoms with Crippen molar-refractivity contribution in [2.24, 2.45) is 7.05 Å². The number of nitrogens with one attached hydrogen (secondary N) is 2. The van der Waals surface area contributed by atoms with E-state index in [1.165, 1.54) is 0 Å². The van der Waals surface area contributed by atoms with Gasteiger partial charge in [0.15, 0.2) is 0 Å². The van der Waals surface area contributed by atoms with E-state index in [1.807, 2.05) is 13.2 Å². The molecule has 0 aliphatic rings. The van der Waals surface area contributed by atoms with Gasteiger partial charge in [0, 0.05) is 25.4 Å². The molecule has 0 saturated carbocycles. The number of carbonyl (C=O) groups excluding carboxylic acids is 1. The third-order valence-corrected chi connectivity index (χ3v) is 2.13. The van der Waals surface area contributed by atoms with Crippen LogP contribution in [-0.4, -0.2) is 28.3 Å². The predicted octanol–water partition coefficient (Wildman–Crippen LogP) is -0.352. The van der Waals surface area contributed by atoms with Gasteiger partial charge in [-0.3, -0.25) is 9.48 Å². The average molecular weight is 220 g/mol. The van der Waals surface area contributed by atoms with Gasteiger partial charge in [0.1, 0.15) is 0 Å². The smallest absolute Gasteiger partial charge is 0.237 e. The van der Waals surface area contributed by atoms with E-state index in [9.17, 15) is 4.79 Å². The fourth-order valence-corrected chi connectivity index (χ4v) is 1.22. The molecule has 5 heteroatoms. The first-order chi connectivity index (χ1) is 7.63. The third kappa shape index (κ3) is 3.75. The molecule has 0 fully saturated rings. The molecule has 0 aromatic carbocycles. The van der Waals surface area contributed by atoms with Crippen molar-refractivity contribution in [2.45, 2.75) is 19.5 Å². The van der Waals surface area contributed by atoms with E-state index in [1.54, 1.807) is 17.8 Å². The van der Waals surface area contributed by atoms with E-state index in [0.717, 1.165) is 5.56 Å². The monoisotopic (exact) mass is 220 g/mol. The molecule has 2 N–H and O–H groups in total. The Morgan fingerprint density at radius 2 is 2.50 bits per heavy atom. The van der Waals surface area contributed by atoms with Crippen molar-refractivity contribution < 1.29 is 4.79 Å². The van der Waals surface area contributed by atoms with E-state index >= 15 is 0 Å². The molecule has 5 nitrogen and oxygen atoms in total. The summed E-state index contributed by atoms with van der Waals surface area (Å²) in [6.45, 7) is 2.67. The summed E-state index contributed by atoms with van der Waals surface area (Å²) in [5.41, 5.74) is 1.04. The maximum absolute atomic E-state index is 11.4. The number of terminal acetylenes is 1. The average Bonchev–Trinajstić information content (AvgIpc) is 2.68. The Labute approximate surface area is 95.2 Å². The van der Waals surface area contributed by atoms with Crippen molar-refractivity contribution in [3.63, 3.8) is 0 Å². The van der Waals surface area contributed by atoms with Gasteiger partial charge in [-0.25, -0.2) is 0 Å². The van der Waals surface area contributed by atoms with Gasteiger partial charge in [0.05, 0.1) is 18.8 Å². The second-order valence-corrected chi connectivity index (χ2v) is 3.55. The molecule has 0 radical (unpaired) electrons. The SMILES string of the molecule is C#CCNC(=O)C(C)NCc1cnn(C)c1. The lowest BCUT2D eigenvalue weighted by molar-refractivity contribution is -0.122. The van der Waals surface area contributed by atoms with Gasteiger partial charge >= 0.3 is 0 Å². The molecule has 0 saturated heterocycles. The molecule has 1 unspecified atom stereocenters. The fourth-order valence-electron chi connectivity index (χ4n) is 1.22. The summed E-state index contributed by atoms with van der Waals surface area (Å²) in [6, 6.07) is -0.270. The zero-order chi connectivity index (χ0) is 12.0. The molecule has 16 heavy (non-hydrogen) atoms. The fraction of sp³-hybridized carbons (Fsp3) is 0.455. The molecule has 86 valence electrons. The van der Waals surface area contributed by atoms with Crippen molar-refractivity contribution >= 4 is 5.91 Å². The molecule has 1 heterocycles. The van der Waals surface area contributed by atoms with Crippen LogP contribution < -0.4 is 10.6 Å². The van der Waals surface area contributed by atoms with Crippen LogP contribution in [0.25, 0.3) is 0 Å². The van der Waals surface area contributed by atoms with Crippen LogP contribution in [0.1, 0.15) is 12.5 Å². The molecule has 0 aliphatic carbocycles. The van der Waals surface area contributed by atoms with Crippen molar-refractivity contribution in [1.82, 2.24) is 20.4 Å². The summed E-state index contributed by atoms with van der Waals surface area (Å²) in [5, 5.41) is 9.74. The Hall–Kier alpha value is -1.80. The van der Waals surface area contributed by atoms with Crippen molar-refractivity contribution in [2.75, 3.05) is 6.54 Å². The highest BCUT2D eigenvalue weighted by atomic mass is 16.2. The first-order valence-corrected chi connectivity index (χ1v) is 5.05. The number of nitrogens with zero attached hydrogens (tertiary/aromatic N) is 2. The van der Waals surface area contributed by atoms with Crippen molar-refractivity contribution in [1.29, 1.82) is 0 Å². The summed E-state index contributed by atoms with van der Waals surface area (Å²) in [6.07, 6.45) is 8.71. The van der Waals surface area contributed by atoms with E-state index < -0.39 is 0 Å². The van der Waals surface area contributed by atoms with Crippen LogP contribution >= 0.6 is 0 Å². The van der Waals surface area contributed by atoms with Crippen molar-refractivity contribution in [3.05, 3.63) is 18.0 Å². The normalized spacial score (nSPS) is 11.8. The minimum Gasteiger partial charge on any atom is -0.344 e. The van der Waals surface area contributed by atoms with E-state index in [0.29, 0.717) is 6.54 Å². The topological polar surface area (TPSA) is 59.0 Å². The highest BCUT2D eigenvalue weighted by Gasteiger charge is 2.10. The summed E-state index contributed by atoms with van der Waals surface area (Å²) < 4.78 is 1.72. The van der Waals surface area contributed by atoms with E-state index in [-0.39, 0.29) is 18.5 Å². The first kappa shape index (κ1) is 12.3. The van der Waals surface area contributed by atoms with Crippen LogP contribution in [-0.2, 0) is 18.4 Å². The second-order valence-electron chi connectivity index (χ2n) is 3.55. The van der Waals surface area contributed by atoms with Gasteiger partial charge in [-0.15, -0.1) is 6.42 Å². The summed E-state index contributed by atoms with van der Waals surface area (Å²) in [4.78, 5) is 11.4. The molecule has 1 aromatic heterocycles. The lowest BCUT2D eigenvalue weighted by atomic mass is 10.3. The lowest BCUT2D eigenvalue weighted by Gasteiger charge is -2.11. The van der Waals surface area contributed by atoms with Gasteiger partial charge in [0.25, 0.3) is 0 Å². The Bertz CT molecular complexity index is 391. The van der Waals surface area contributed by atoms with Crippen molar-refractivity contribution in [3.8, 4) is 12.3 Å². The molecule has 1 aromatic rings. The second kappa shape index (κ2) is 5.93. The highest BCUT2D eigenvalue weighted by Crippen LogP contribution is 1.96. The molecule has 1 rings (SSSR count). The van der Waals surface area contributed by atoms with Gasteiger partial charge in [0.2, 0.25) is 5.91 Å². The summed E-state index contributed by atoms with van der Waals surface area (Å²) >= 11 is 0. The van der Waals surface area contributed by atoms with Gasteiger partial charge in [-0.2, -0.15) is 5.10 Å². The number of aryl methyl sites for hydroxylation is 1. The number of rotatable bonds is 5. The summed E-state index contributed by atoms with van der Waals surface area (Å²) in [5.74, 6) is 2.26. The number of aromatic nitrogens is 2. The van der Waals surface area contributed by atoms with Crippen LogP contribution in [0.15, 0.2) is 12.4 Å². The lowest BCUT2D eigenvalue weighted by Crippen LogP contribution is -2.41. The van der Waals surface area contributed by atoms with Gasteiger partial charge in [-0.1, -0.05) is 5.92 Å². The van der Waals surface area contributed by atoms with Crippen LogP contribution in [0.2, 0.25) is 0 Å². The minimum absolute atomic E-state index is 0.0955. The molecule has 1 atom stereocenters. The van der Waals surface area contributed by atoms with Crippen LogP contribution in [0.3, 0.4) is 0 Å². The number of hydrogen-bond donors (Lipinski definition) is 2. The Balaban J connectivity index is 2.32. The molecule has 1 amide bonds. The van der Waals surface area contributed by atoms with Crippen LogP contribution in [0.4, 0.5) is 0 Å². The van der Waals surface area contributed by atoms with Gasteiger partial charge < -0.3 is 10.6 Å². The Kier molecular flexibility index (Phi) is 4.55. The molecular weight excluding hydrogens is 204 g/mol. The molecule has 0 spiro atoms. The number of carbonyl (C=O) groups is 1. The third-order valence-electron chi connectivity index (χ3n) is 2.13. The Morgan fingerprint density at radius 3 is 3.06 bits per heavy atom. The first-order valence-electron chi connectivity index (χ1n) is 5.05. The number of hydrogen-bond acceptors (Lipinski definition) is 3. The zero-order valence-electron chi connectivity index (χ0n) is 9.53. The van der Waals surface area contributed by atoms with Crippen LogP contribution in [0, 0.1) is 12.3 Å². The van der Waals surface area contributed by atoms with E-state index in [4.69, 9.17) is 6.42 Å². The molecule has 0 aliphatic heterocycles. The summed E-state index contributed by atoms with van der Waals surface area (Å²) in [7, 11) is 1.85. The molecule has 0 bridgehead atoms. The largest absolute Gasteiger partial charge is 0.344 e. The maximum Gasteiger partial charge on any atom is 0.237 e. The molecular formula is C11H16N4O. The number of amides is 1. The minimum atomic E-state index is -0.270. The quantitative estimate of drug-likeness (QED) is 0.667. The predicted molar refractivity (Wildman–Crippen MR) is 61.4 cm³/mol. The highest BCUT2D eigenvalue weighted by molar-refractivity contribution is 5.81.